The summed E-state index contributed by atoms with van der Waals surface area (Å²) in [6.45, 7) is 0.364. The summed E-state index contributed by atoms with van der Waals surface area (Å²) in [6, 6.07) is 2.06. The maximum atomic E-state index is 10.9. The first-order chi connectivity index (χ1) is 6.22. The van der Waals surface area contributed by atoms with Gasteiger partial charge in [0.2, 0.25) is 5.91 Å². The van der Waals surface area contributed by atoms with E-state index in [-0.39, 0.29) is 0 Å². The molecule has 0 unspecified atom stereocenters. The second-order valence-corrected chi connectivity index (χ2v) is 3.01. The van der Waals surface area contributed by atoms with Crippen molar-refractivity contribution in [3.05, 3.63) is 0 Å². The van der Waals surface area contributed by atoms with E-state index in [0.29, 0.717) is 26.1 Å². The fourth-order valence-electron chi connectivity index (χ4n) is 1.29. The third kappa shape index (κ3) is 2.41. The quantitative estimate of drug-likeness (QED) is 0.586. The summed E-state index contributed by atoms with van der Waals surface area (Å²) >= 11 is 0. The maximum Gasteiger partial charge on any atom is 0.246 e. The molecule has 0 aromatic heterocycles. The van der Waals surface area contributed by atoms with Crippen LogP contribution in [0.2, 0.25) is 0 Å². The highest BCUT2D eigenvalue weighted by Gasteiger charge is 2.33. The van der Waals surface area contributed by atoms with E-state index in [1.54, 1.807) is 0 Å². The van der Waals surface area contributed by atoms with Gasteiger partial charge in [0.15, 0.2) is 0 Å². The van der Waals surface area contributed by atoms with Crippen molar-refractivity contribution in [2.45, 2.75) is 18.4 Å². The smallest absolute Gasteiger partial charge is 0.246 e. The lowest BCUT2D eigenvalue weighted by molar-refractivity contribution is -0.126. The average molecular weight is 184 g/mol. The van der Waals surface area contributed by atoms with Crippen molar-refractivity contribution in [3.8, 4) is 6.07 Å². The molecule has 0 bridgehead atoms. The summed E-state index contributed by atoms with van der Waals surface area (Å²) in [7, 11) is 0. The third-order valence-electron chi connectivity index (χ3n) is 2.08. The van der Waals surface area contributed by atoms with Crippen molar-refractivity contribution in [1.29, 1.82) is 5.26 Å². The van der Waals surface area contributed by atoms with Gasteiger partial charge in [0.1, 0.15) is 12.1 Å². The van der Waals surface area contributed by atoms with Gasteiger partial charge in [0, 0.05) is 26.1 Å². The molecule has 1 saturated heterocycles. The fourth-order valence-corrected chi connectivity index (χ4v) is 1.29. The molecular weight excluding hydrogens is 172 g/mol. The molecule has 0 radical (unpaired) electrons. The Hall–Kier alpha value is -1.12. The zero-order valence-electron chi connectivity index (χ0n) is 7.25. The number of carbonyl (C=O) groups excluding carboxylic acids is 1. The fraction of sp³-hybridized carbons (Fsp3) is 0.750. The molecule has 1 fully saturated rings. The Balaban J connectivity index is 2.59. The van der Waals surface area contributed by atoms with Crippen LogP contribution in [0.4, 0.5) is 0 Å². The largest absolute Gasteiger partial charge is 0.387 e. The highest BCUT2D eigenvalue weighted by molar-refractivity contribution is 5.78. The van der Waals surface area contributed by atoms with E-state index in [1.807, 2.05) is 0 Å². The van der Waals surface area contributed by atoms with E-state index >= 15 is 0 Å². The van der Waals surface area contributed by atoms with Gasteiger partial charge in [-0.25, -0.2) is 0 Å². The number of rotatable bonds is 2. The number of nitrogens with zero attached hydrogens (tertiary/aromatic N) is 1. The molecule has 0 atom stereocenters. The predicted octanol–water partition coefficient (Wildman–Crippen LogP) is -0.832. The van der Waals surface area contributed by atoms with E-state index in [0.717, 1.165) is 0 Å². The number of nitrogens with one attached hydrogen (secondary N) is 1. The Morgan fingerprint density at radius 3 is 2.69 bits per heavy atom. The molecule has 0 spiro atoms. The Labute approximate surface area is 76.3 Å². The first kappa shape index (κ1) is 9.96. The highest BCUT2D eigenvalue weighted by atomic mass is 16.5. The lowest BCUT2D eigenvalue weighted by Crippen LogP contribution is -2.51. The zero-order valence-corrected chi connectivity index (χ0v) is 7.25. The van der Waals surface area contributed by atoms with Crippen molar-refractivity contribution in [2.24, 2.45) is 0 Å². The lowest BCUT2D eigenvalue weighted by Gasteiger charge is -2.31. The SMILES string of the molecule is N#CC1(NC(=O)CO)CCOCC1. The number of nitriles is 1. The zero-order chi connectivity index (χ0) is 9.73. The van der Waals surface area contributed by atoms with Crippen molar-refractivity contribution < 1.29 is 14.6 Å². The van der Waals surface area contributed by atoms with Gasteiger partial charge < -0.3 is 15.2 Å². The van der Waals surface area contributed by atoms with Crippen molar-refractivity contribution in [3.63, 3.8) is 0 Å². The van der Waals surface area contributed by atoms with Gasteiger partial charge >= 0.3 is 0 Å². The van der Waals surface area contributed by atoms with Gasteiger partial charge in [-0.2, -0.15) is 5.26 Å². The van der Waals surface area contributed by atoms with Gasteiger partial charge in [-0.05, 0) is 0 Å². The normalized spacial score (nSPS) is 20.3. The second kappa shape index (κ2) is 4.21. The van der Waals surface area contributed by atoms with Crippen molar-refractivity contribution in [1.82, 2.24) is 5.32 Å². The molecule has 5 nitrogen and oxygen atoms in total. The molecule has 0 aromatic carbocycles. The third-order valence-corrected chi connectivity index (χ3v) is 2.08. The molecule has 1 aliphatic heterocycles. The molecule has 1 aliphatic rings. The van der Waals surface area contributed by atoms with Crippen LogP contribution in [-0.2, 0) is 9.53 Å². The Bertz CT molecular complexity index is 228. The molecule has 5 heteroatoms. The van der Waals surface area contributed by atoms with Crippen LogP contribution in [0.1, 0.15) is 12.8 Å². The predicted molar refractivity (Wildman–Crippen MR) is 43.6 cm³/mol. The van der Waals surface area contributed by atoms with Gasteiger partial charge in [0.05, 0.1) is 6.07 Å². The summed E-state index contributed by atoms with van der Waals surface area (Å²) in [5.41, 5.74) is -0.835. The molecule has 1 rings (SSSR count). The molecule has 0 aromatic rings. The topological polar surface area (TPSA) is 82.4 Å². The number of aliphatic hydroxyl groups excluding tert-OH is 1. The average Bonchev–Trinajstić information content (AvgIpc) is 2.19. The Kier molecular flexibility index (Phi) is 3.23. The summed E-state index contributed by atoms with van der Waals surface area (Å²) in [5, 5.41) is 19.9. The molecule has 1 heterocycles. The number of hydrogen-bond acceptors (Lipinski definition) is 4. The van der Waals surface area contributed by atoms with Crippen molar-refractivity contribution in [2.75, 3.05) is 19.8 Å². The molecule has 13 heavy (non-hydrogen) atoms. The highest BCUT2D eigenvalue weighted by Crippen LogP contribution is 2.19. The van der Waals surface area contributed by atoms with Crippen LogP contribution >= 0.6 is 0 Å². The van der Waals surface area contributed by atoms with E-state index in [1.165, 1.54) is 0 Å². The standard InChI is InChI=1S/C8H12N2O3/c9-6-8(10-7(12)5-11)1-3-13-4-2-8/h11H,1-5H2,(H,10,12). The minimum Gasteiger partial charge on any atom is -0.387 e. The lowest BCUT2D eigenvalue weighted by atomic mass is 9.92. The Morgan fingerprint density at radius 1 is 1.62 bits per heavy atom. The summed E-state index contributed by atoms with van der Waals surface area (Å²) in [5.74, 6) is -0.511. The van der Waals surface area contributed by atoms with Crippen LogP contribution in [0, 0.1) is 11.3 Å². The number of carbonyl (C=O) groups is 1. The van der Waals surface area contributed by atoms with Gasteiger partial charge in [0.25, 0.3) is 0 Å². The summed E-state index contributed by atoms with van der Waals surface area (Å²) < 4.78 is 5.08. The van der Waals surface area contributed by atoms with Gasteiger partial charge in [-0.1, -0.05) is 0 Å². The number of hydrogen-bond donors (Lipinski definition) is 2. The molecule has 0 saturated carbocycles. The molecule has 0 aliphatic carbocycles. The minimum atomic E-state index is -0.835. The maximum absolute atomic E-state index is 10.9. The Morgan fingerprint density at radius 2 is 2.23 bits per heavy atom. The van der Waals surface area contributed by atoms with Crippen LogP contribution in [0.5, 0.6) is 0 Å². The van der Waals surface area contributed by atoms with E-state index in [2.05, 4.69) is 11.4 Å². The van der Waals surface area contributed by atoms with Crippen LogP contribution in [0.25, 0.3) is 0 Å². The first-order valence-corrected chi connectivity index (χ1v) is 4.13. The molecule has 72 valence electrons. The van der Waals surface area contributed by atoms with Crippen LogP contribution in [-0.4, -0.2) is 36.4 Å². The number of aliphatic hydroxyl groups is 1. The second-order valence-electron chi connectivity index (χ2n) is 3.01. The van der Waals surface area contributed by atoms with Gasteiger partial charge in [-0.15, -0.1) is 0 Å². The first-order valence-electron chi connectivity index (χ1n) is 4.13. The van der Waals surface area contributed by atoms with E-state index in [4.69, 9.17) is 15.1 Å². The summed E-state index contributed by atoms with van der Waals surface area (Å²) in [6.07, 6.45) is 0.963. The van der Waals surface area contributed by atoms with E-state index in [9.17, 15) is 4.79 Å². The van der Waals surface area contributed by atoms with Crippen LogP contribution in [0.15, 0.2) is 0 Å². The van der Waals surface area contributed by atoms with Crippen molar-refractivity contribution >= 4 is 5.91 Å². The number of amides is 1. The summed E-state index contributed by atoms with van der Waals surface area (Å²) in [4.78, 5) is 10.9. The molecule has 1 amide bonds. The number of ether oxygens (including phenoxy) is 1. The van der Waals surface area contributed by atoms with Gasteiger partial charge in [-0.3, -0.25) is 4.79 Å². The monoisotopic (exact) mass is 184 g/mol. The van der Waals surface area contributed by atoms with Crippen LogP contribution in [0.3, 0.4) is 0 Å². The van der Waals surface area contributed by atoms with E-state index < -0.39 is 18.1 Å². The minimum absolute atomic E-state index is 0.471. The molecular formula is C8H12N2O3. The van der Waals surface area contributed by atoms with Crippen LogP contribution < -0.4 is 5.32 Å². The molecule has 2 N–H and O–H groups in total.